The first-order valence-corrected chi connectivity index (χ1v) is 11.9. The van der Waals surface area contributed by atoms with Gasteiger partial charge in [0, 0.05) is 24.5 Å². The highest BCUT2D eigenvalue weighted by Gasteiger charge is 2.26. The van der Waals surface area contributed by atoms with Gasteiger partial charge in [-0.15, -0.1) is 4.72 Å². The lowest BCUT2D eigenvalue weighted by Crippen LogP contribution is -2.36. The molecule has 3 aliphatic rings. The van der Waals surface area contributed by atoms with E-state index in [4.69, 9.17) is 4.74 Å². The number of ether oxygens (including phenoxy) is 1. The Bertz CT molecular complexity index is 909. The third kappa shape index (κ3) is 3.89. The summed E-state index contributed by atoms with van der Waals surface area (Å²) in [5, 5.41) is 3.04. The Morgan fingerprint density at radius 1 is 0.967 bits per heavy atom. The van der Waals surface area contributed by atoms with Gasteiger partial charge < -0.3 is 19.5 Å². The lowest BCUT2D eigenvalue weighted by atomic mass is 9.99. The number of hydrogen-bond donors (Lipinski definition) is 2. The molecule has 0 saturated carbocycles. The summed E-state index contributed by atoms with van der Waals surface area (Å²) >= 11 is -1.60. The average Bonchev–Trinajstić information content (AvgIpc) is 3.43. The lowest BCUT2D eigenvalue weighted by molar-refractivity contribution is 0.122. The molecule has 7 heteroatoms. The third-order valence-electron chi connectivity index (χ3n) is 6.32. The molecule has 2 amide bonds. The number of fused-ring (bicyclic) bond motifs is 2. The smallest absolute Gasteiger partial charge is 0.361 e. The van der Waals surface area contributed by atoms with Crippen molar-refractivity contribution in [2.24, 2.45) is 0 Å². The van der Waals surface area contributed by atoms with E-state index in [2.05, 4.69) is 21.0 Å². The Morgan fingerprint density at radius 2 is 1.60 bits per heavy atom. The van der Waals surface area contributed by atoms with Crippen LogP contribution in [0.1, 0.15) is 35.1 Å². The van der Waals surface area contributed by atoms with Crippen LogP contribution in [0.5, 0.6) is 0 Å². The van der Waals surface area contributed by atoms with Gasteiger partial charge in [0.1, 0.15) is 11.4 Å². The van der Waals surface area contributed by atoms with E-state index in [0.29, 0.717) is 4.90 Å². The SMILES string of the molecule is O=C(Nc1c2c(cc3c1CCC3)CCC2)N[S+]([O-])c1ccc(N2CCOCC2)cc1. The van der Waals surface area contributed by atoms with Gasteiger partial charge >= 0.3 is 6.03 Å². The summed E-state index contributed by atoms with van der Waals surface area (Å²) in [5.41, 5.74) is 7.32. The highest BCUT2D eigenvalue weighted by Crippen LogP contribution is 2.38. The van der Waals surface area contributed by atoms with E-state index in [1.165, 1.54) is 22.3 Å². The Kier molecular flexibility index (Phi) is 5.58. The quantitative estimate of drug-likeness (QED) is 0.737. The van der Waals surface area contributed by atoms with Crippen LogP contribution in [0.15, 0.2) is 35.2 Å². The Labute approximate surface area is 180 Å². The minimum Gasteiger partial charge on any atom is -0.588 e. The molecule has 158 valence electrons. The number of carbonyl (C=O) groups excluding carboxylic acids is 1. The van der Waals surface area contributed by atoms with E-state index >= 15 is 0 Å². The molecule has 0 radical (unpaired) electrons. The highest BCUT2D eigenvalue weighted by atomic mass is 32.2. The number of hydrogen-bond acceptors (Lipinski definition) is 4. The summed E-state index contributed by atoms with van der Waals surface area (Å²) in [4.78, 5) is 15.5. The summed E-state index contributed by atoms with van der Waals surface area (Å²) in [6.45, 7) is 3.16. The highest BCUT2D eigenvalue weighted by molar-refractivity contribution is 7.90. The minimum atomic E-state index is -1.60. The Hall–Kier alpha value is -2.22. The maximum absolute atomic E-state index is 12.7. The van der Waals surface area contributed by atoms with Crippen molar-refractivity contribution in [2.75, 3.05) is 36.5 Å². The van der Waals surface area contributed by atoms with Gasteiger partial charge in [0.25, 0.3) is 0 Å². The van der Waals surface area contributed by atoms with Crippen LogP contribution in [-0.4, -0.2) is 36.9 Å². The second-order valence-electron chi connectivity index (χ2n) is 8.15. The molecule has 1 unspecified atom stereocenters. The van der Waals surface area contributed by atoms with Crippen molar-refractivity contribution in [1.29, 1.82) is 0 Å². The normalized spacial score (nSPS) is 18.6. The largest absolute Gasteiger partial charge is 0.588 e. The number of nitrogens with one attached hydrogen (secondary N) is 2. The molecule has 1 atom stereocenters. The standard InChI is InChI=1S/C23H27N3O3S/c27-23(24-22-20-5-1-3-16(20)15-17-4-2-6-21(17)22)25-30(28)19-9-7-18(8-10-19)26-11-13-29-14-12-26/h7-10,15H,1-6,11-14H2,(H2,24,25,27). The van der Waals surface area contributed by atoms with Gasteiger partial charge in [0.05, 0.1) is 13.2 Å². The van der Waals surface area contributed by atoms with Crippen LogP contribution in [0.25, 0.3) is 0 Å². The van der Waals surface area contributed by atoms with Gasteiger partial charge in [-0.1, -0.05) is 6.07 Å². The van der Waals surface area contributed by atoms with Crippen molar-refractivity contribution in [3.8, 4) is 0 Å². The molecule has 6 nitrogen and oxygen atoms in total. The van der Waals surface area contributed by atoms with Crippen molar-refractivity contribution in [2.45, 2.75) is 43.4 Å². The van der Waals surface area contributed by atoms with Gasteiger partial charge in [0.15, 0.2) is 4.90 Å². The molecule has 1 heterocycles. The van der Waals surface area contributed by atoms with E-state index in [0.717, 1.165) is 76.2 Å². The number of amides is 2. The number of anilines is 2. The van der Waals surface area contributed by atoms with Gasteiger partial charge in [-0.05, 0) is 85.0 Å². The molecule has 0 aromatic heterocycles. The number of rotatable bonds is 4. The Balaban J connectivity index is 1.26. The van der Waals surface area contributed by atoms with Crippen molar-refractivity contribution < 1.29 is 14.1 Å². The van der Waals surface area contributed by atoms with E-state index in [-0.39, 0.29) is 0 Å². The van der Waals surface area contributed by atoms with Crippen molar-refractivity contribution in [1.82, 2.24) is 4.72 Å². The number of morpholine rings is 1. The molecule has 1 saturated heterocycles. The molecule has 0 spiro atoms. The number of urea groups is 1. The molecular weight excluding hydrogens is 398 g/mol. The van der Waals surface area contributed by atoms with Crippen LogP contribution in [0.4, 0.5) is 16.2 Å². The van der Waals surface area contributed by atoms with E-state index < -0.39 is 17.4 Å². The van der Waals surface area contributed by atoms with Crippen molar-refractivity contribution in [3.63, 3.8) is 0 Å². The van der Waals surface area contributed by atoms with Crippen molar-refractivity contribution >= 4 is 28.8 Å². The Morgan fingerprint density at radius 3 is 2.23 bits per heavy atom. The maximum Gasteiger partial charge on any atom is 0.361 e. The lowest BCUT2D eigenvalue weighted by Gasteiger charge is -2.28. The zero-order valence-corrected chi connectivity index (χ0v) is 17.9. The van der Waals surface area contributed by atoms with E-state index in [9.17, 15) is 9.35 Å². The number of aryl methyl sites for hydroxylation is 2. The molecule has 1 aliphatic heterocycles. The number of carbonyl (C=O) groups is 1. The van der Waals surface area contributed by atoms with Crippen LogP contribution < -0.4 is 14.9 Å². The first-order chi connectivity index (χ1) is 14.7. The summed E-state index contributed by atoms with van der Waals surface area (Å²) < 4.78 is 20.7. The van der Waals surface area contributed by atoms with Gasteiger partial charge in [-0.3, -0.25) is 0 Å². The molecule has 2 aliphatic carbocycles. The average molecular weight is 426 g/mol. The first kappa shape index (κ1) is 19.7. The minimum absolute atomic E-state index is 0.403. The zero-order valence-electron chi connectivity index (χ0n) is 17.0. The van der Waals surface area contributed by atoms with E-state index in [1.807, 2.05) is 24.3 Å². The predicted molar refractivity (Wildman–Crippen MR) is 119 cm³/mol. The molecular formula is C23H27N3O3S. The monoisotopic (exact) mass is 425 g/mol. The number of benzene rings is 2. The van der Waals surface area contributed by atoms with Gasteiger partial charge in [-0.2, -0.15) is 0 Å². The van der Waals surface area contributed by atoms with Crippen molar-refractivity contribution in [3.05, 3.63) is 52.6 Å². The maximum atomic E-state index is 12.7. The molecule has 2 aromatic carbocycles. The van der Waals surface area contributed by atoms with Crippen LogP contribution in [0.2, 0.25) is 0 Å². The van der Waals surface area contributed by atoms with Crippen LogP contribution in [0, 0.1) is 0 Å². The predicted octanol–water partition coefficient (Wildman–Crippen LogP) is 3.34. The second-order valence-corrected chi connectivity index (χ2v) is 9.37. The van der Waals surface area contributed by atoms with E-state index in [1.54, 1.807) is 0 Å². The van der Waals surface area contributed by atoms with Crippen LogP contribution >= 0.6 is 0 Å². The molecule has 2 N–H and O–H groups in total. The second kappa shape index (κ2) is 8.49. The van der Waals surface area contributed by atoms with Crippen LogP contribution in [0.3, 0.4) is 0 Å². The van der Waals surface area contributed by atoms with Gasteiger partial charge in [0.2, 0.25) is 0 Å². The topological polar surface area (TPSA) is 76.7 Å². The molecule has 5 rings (SSSR count). The zero-order chi connectivity index (χ0) is 20.5. The first-order valence-electron chi connectivity index (χ1n) is 10.8. The summed E-state index contributed by atoms with van der Waals surface area (Å²) in [7, 11) is 0. The summed E-state index contributed by atoms with van der Waals surface area (Å²) in [6.07, 6.45) is 6.45. The molecule has 0 bridgehead atoms. The number of nitrogens with zero attached hydrogens (tertiary/aromatic N) is 1. The fourth-order valence-corrected chi connectivity index (χ4v) is 5.57. The molecule has 30 heavy (non-hydrogen) atoms. The summed E-state index contributed by atoms with van der Waals surface area (Å²) in [5.74, 6) is 0. The van der Waals surface area contributed by atoms with Crippen LogP contribution in [-0.2, 0) is 41.8 Å². The molecule has 2 aromatic rings. The molecule has 1 fully saturated rings. The van der Waals surface area contributed by atoms with Gasteiger partial charge in [-0.25, -0.2) is 4.79 Å². The third-order valence-corrected chi connectivity index (χ3v) is 7.40. The fraction of sp³-hybridized carbons (Fsp3) is 0.435. The summed E-state index contributed by atoms with van der Waals surface area (Å²) in [6, 6.07) is 9.48. The fourth-order valence-electron chi connectivity index (χ4n) is 4.85.